The first-order valence-electron chi connectivity index (χ1n) is 6.28. The zero-order valence-electron chi connectivity index (χ0n) is 11.6. The molecule has 0 spiro atoms. The van der Waals surface area contributed by atoms with Gasteiger partial charge in [0.05, 0.1) is 14.2 Å². The van der Waals surface area contributed by atoms with E-state index in [4.69, 9.17) is 9.47 Å². The average molecular weight is 261 g/mol. The van der Waals surface area contributed by atoms with E-state index in [2.05, 4.69) is 4.90 Å². The monoisotopic (exact) mass is 261 g/mol. The van der Waals surface area contributed by atoms with Crippen molar-refractivity contribution in [1.82, 2.24) is 4.90 Å². The van der Waals surface area contributed by atoms with E-state index >= 15 is 0 Å². The molecule has 0 aromatic heterocycles. The molecular weight excluding hydrogens is 242 g/mol. The van der Waals surface area contributed by atoms with Gasteiger partial charge in [-0.25, -0.2) is 0 Å². The number of benzene rings is 1. The molecule has 0 amide bonds. The number of hydrogen-bond acceptors (Lipinski definition) is 4. The number of carbonyl (C=O) groups is 1. The molecule has 1 aliphatic heterocycles. The van der Waals surface area contributed by atoms with E-state index in [-0.39, 0.29) is 5.78 Å². The SMILES string of the molecule is COc1ccc(OC)c(/C=C2\CN(C)CCC2=O)c1. The van der Waals surface area contributed by atoms with Gasteiger partial charge < -0.3 is 14.4 Å². The molecule has 0 saturated carbocycles. The molecule has 1 aliphatic rings. The van der Waals surface area contributed by atoms with E-state index in [9.17, 15) is 4.79 Å². The number of ether oxygens (including phenoxy) is 2. The van der Waals surface area contributed by atoms with Gasteiger partial charge in [-0.2, -0.15) is 0 Å². The Labute approximate surface area is 113 Å². The van der Waals surface area contributed by atoms with Gasteiger partial charge in [-0.3, -0.25) is 4.79 Å². The summed E-state index contributed by atoms with van der Waals surface area (Å²) in [6.45, 7) is 1.50. The molecule has 2 rings (SSSR count). The second-order valence-electron chi connectivity index (χ2n) is 4.69. The summed E-state index contributed by atoms with van der Waals surface area (Å²) < 4.78 is 10.5. The lowest BCUT2D eigenvalue weighted by molar-refractivity contribution is -0.117. The van der Waals surface area contributed by atoms with Crippen LogP contribution in [0.15, 0.2) is 23.8 Å². The summed E-state index contributed by atoms with van der Waals surface area (Å²) in [5.74, 6) is 1.71. The second kappa shape index (κ2) is 5.89. The molecule has 0 atom stereocenters. The second-order valence-corrected chi connectivity index (χ2v) is 4.69. The number of ketones is 1. The van der Waals surface area contributed by atoms with Crippen LogP contribution >= 0.6 is 0 Å². The first kappa shape index (κ1) is 13.6. The van der Waals surface area contributed by atoms with Crippen LogP contribution < -0.4 is 9.47 Å². The maximum atomic E-state index is 11.9. The Bertz CT molecular complexity index is 508. The van der Waals surface area contributed by atoms with Crippen molar-refractivity contribution in [2.24, 2.45) is 0 Å². The van der Waals surface area contributed by atoms with Crippen molar-refractivity contribution in [3.8, 4) is 11.5 Å². The van der Waals surface area contributed by atoms with Crippen LogP contribution in [0.1, 0.15) is 12.0 Å². The Morgan fingerprint density at radius 1 is 1.26 bits per heavy atom. The highest BCUT2D eigenvalue weighted by atomic mass is 16.5. The predicted molar refractivity (Wildman–Crippen MR) is 74.6 cm³/mol. The van der Waals surface area contributed by atoms with Crippen LogP contribution in [-0.2, 0) is 4.79 Å². The van der Waals surface area contributed by atoms with Crippen LogP contribution in [0.4, 0.5) is 0 Å². The highest BCUT2D eigenvalue weighted by molar-refractivity contribution is 6.01. The predicted octanol–water partition coefficient (Wildman–Crippen LogP) is 1.99. The number of likely N-dealkylation sites (tertiary alicyclic amines) is 1. The number of rotatable bonds is 3. The first-order chi connectivity index (χ1) is 9.13. The largest absolute Gasteiger partial charge is 0.497 e. The molecule has 0 N–H and O–H groups in total. The van der Waals surface area contributed by atoms with E-state index in [1.165, 1.54) is 0 Å². The van der Waals surface area contributed by atoms with Crippen molar-refractivity contribution in [3.05, 3.63) is 29.3 Å². The van der Waals surface area contributed by atoms with Crippen molar-refractivity contribution in [2.45, 2.75) is 6.42 Å². The zero-order valence-corrected chi connectivity index (χ0v) is 11.6. The van der Waals surface area contributed by atoms with Crippen LogP contribution in [0.5, 0.6) is 11.5 Å². The smallest absolute Gasteiger partial charge is 0.161 e. The third-order valence-corrected chi connectivity index (χ3v) is 3.29. The van der Waals surface area contributed by atoms with Crippen molar-refractivity contribution in [2.75, 3.05) is 34.4 Å². The molecule has 1 saturated heterocycles. The number of nitrogens with zero attached hydrogens (tertiary/aromatic N) is 1. The molecule has 0 bridgehead atoms. The maximum absolute atomic E-state index is 11.9. The van der Waals surface area contributed by atoms with Crippen LogP contribution in [-0.4, -0.2) is 45.0 Å². The van der Waals surface area contributed by atoms with Crippen LogP contribution in [0, 0.1) is 0 Å². The summed E-state index contributed by atoms with van der Waals surface area (Å²) in [5, 5.41) is 0. The number of likely N-dealkylation sites (N-methyl/N-ethyl adjacent to an activating group) is 1. The molecule has 1 aromatic carbocycles. The van der Waals surface area contributed by atoms with Crippen molar-refractivity contribution >= 4 is 11.9 Å². The topological polar surface area (TPSA) is 38.8 Å². The number of piperidine rings is 1. The van der Waals surface area contributed by atoms with Crippen molar-refractivity contribution in [1.29, 1.82) is 0 Å². The van der Waals surface area contributed by atoms with Gasteiger partial charge in [-0.15, -0.1) is 0 Å². The lowest BCUT2D eigenvalue weighted by atomic mass is 10.0. The van der Waals surface area contributed by atoms with Crippen LogP contribution in [0.2, 0.25) is 0 Å². The van der Waals surface area contributed by atoms with Gasteiger partial charge in [-0.1, -0.05) is 0 Å². The van der Waals surface area contributed by atoms with E-state index in [0.717, 1.165) is 29.2 Å². The lowest BCUT2D eigenvalue weighted by Crippen LogP contribution is -2.32. The molecule has 0 unspecified atom stereocenters. The van der Waals surface area contributed by atoms with Gasteiger partial charge in [0.25, 0.3) is 0 Å². The molecule has 19 heavy (non-hydrogen) atoms. The lowest BCUT2D eigenvalue weighted by Gasteiger charge is -2.23. The standard InChI is InChI=1S/C15H19NO3/c1-16-7-6-14(17)12(10-16)8-11-9-13(18-2)4-5-15(11)19-3/h4-5,8-9H,6-7,10H2,1-3H3/b12-8+. The molecule has 0 radical (unpaired) electrons. The molecular formula is C15H19NO3. The van der Waals surface area contributed by atoms with Gasteiger partial charge in [0.2, 0.25) is 0 Å². The summed E-state index contributed by atoms with van der Waals surface area (Å²) in [4.78, 5) is 14.1. The maximum Gasteiger partial charge on any atom is 0.161 e. The Morgan fingerprint density at radius 2 is 2.05 bits per heavy atom. The Kier molecular flexibility index (Phi) is 4.22. The van der Waals surface area contributed by atoms with E-state index in [1.807, 2.05) is 31.3 Å². The van der Waals surface area contributed by atoms with Gasteiger partial charge in [0, 0.05) is 30.6 Å². The molecule has 1 aromatic rings. The minimum absolute atomic E-state index is 0.211. The van der Waals surface area contributed by atoms with E-state index in [1.54, 1.807) is 14.2 Å². The molecule has 1 heterocycles. The molecule has 1 fully saturated rings. The van der Waals surface area contributed by atoms with Gasteiger partial charge in [0.15, 0.2) is 5.78 Å². The zero-order chi connectivity index (χ0) is 13.8. The summed E-state index contributed by atoms with van der Waals surface area (Å²) in [6, 6.07) is 5.58. The van der Waals surface area contributed by atoms with Gasteiger partial charge >= 0.3 is 0 Å². The normalized spacial score (nSPS) is 18.7. The summed E-state index contributed by atoms with van der Waals surface area (Å²) in [6.07, 6.45) is 2.48. The highest BCUT2D eigenvalue weighted by Crippen LogP contribution is 2.27. The fourth-order valence-electron chi connectivity index (χ4n) is 2.18. The molecule has 0 aliphatic carbocycles. The number of methoxy groups -OCH3 is 2. The van der Waals surface area contributed by atoms with Crippen LogP contribution in [0.3, 0.4) is 0 Å². The fourth-order valence-corrected chi connectivity index (χ4v) is 2.18. The molecule has 102 valence electrons. The highest BCUT2D eigenvalue weighted by Gasteiger charge is 2.19. The van der Waals surface area contributed by atoms with E-state index < -0.39 is 0 Å². The van der Waals surface area contributed by atoms with E-state index in [0.29, 0.717) is 13.0 Å². The quantitative estimate of drug-likeness (QED) is 0.780. The average Bonchev–Trinajstić information content (AvgIpc) is 2.42. The fraction of sp³-hybridized carbons (Fsp3) is 0.400. The number of Topliss-reactive ketones (excluding diaryl/α,β-unsaturated/α-hetero) is 1. The Hall–Kier alpha value is -1.81. The molecule has 4 heteroatoms. The first-order valence-corrected chi connectivity index (χ1v) is 6.28. The summed E-state index contributed by atoms with van der Waals surface area (Å²) in [5.41, 5.74) is 1.70. The minimum atomic E-state index is 0.211. The van der Waals surface area contributed by atoms with Crippen molar-refractivity contribution in [3.63, 3.8) is 0 Å². The number of carbonyl (C=O) groups excluding carboxylic acids is 1. The third kappa shape index (κ3) is 3.15. The van der Waals surface area contributed by atoms with Crippen LogP contribution in [0.25, 0.3) is 6.08 Å². The van der Waals surface area contributed by atoms with Crippen molar-refractivity contribution < 1.29 is 14.3 Å². The van der Waals surface area contributed by atoms with Gasteiger partial charge in [-0.05, 0) is 31.3 Å². The third-order valence-electron chi connectivity index (χ3n) is 3.29. The molecule has 4 nitrogen and oxygen atoms in total. The Balaban J connectivity index is 2.37. The van der Waals surface area contributed by atoms with Gasteiger partial charge in [0.1, 0.15) is 11.5 Å². The Morgan fingerprint density at radius 3 is 2.74 bits per heavy atom. The summed E-state index contributed by atoms with van der Waals surface area (Å²) >= 11 is 0. The summed E-state index contributed by atoms with van der Waals surface area (Å²) in [7, 11) is 5.26. The minimum Gasteiger partial charge on any atom is -0.497 e. The number of hydrogen-bond donors (Lipinski definition) is 0.